The highest BCUT2D eigenvalue weighted by atomic mass is 79.9. The van der Waals surface area contributed by atoms with Crippen molar-refractivity contribution in [2.75, 3.05) is 0 Å². The molecule has 2 aromatic rings. The fourth-order valence-corrected chi connectivity index (χ4v) is 3.88. The third-order valence-corrected chi connectivity index (χ3v) is 5.52. The summed E-state index contributed by atoms with van der Waals surface area (Å²) in [6.07, 6.45) is 2.69. The maximum atomic E-state index is 14.0. The van der Waals surface area contributed by atoms with Crippen LogP contribution < -0.4 is 4.74 Å². The molecule has 28 heavy (non-hydrogen) atoms. The summed E-state index contributed by atoms with van der Waals surface area (Å²) >= 11 is 3.22. The van der Waals surface area contributed by atoms with E-state index >= 15 is 0 Å². The molecule has 0 amide bonds. The van der Waals surface area contributed by atoms with Gasteiger partial charge in [0.1, 0.15) is 11.6 Å². The summed E-state index contributed by atoms with van der Waals surface area (Å²) in [7, 11) is 0. The topological polar surface area (TPSA) is 38.7 Å². The molecule has 2 unspecified atom stereocenters. The predicted octanol–water partition coefficient (Wildman–Crippen LogP) is 7.13. The summed E-state index contributed by atoms with van der Waals surface area (Å²) in [6.45, 7) is 8.79. The van der Waals surface area contributed by atoms with Crippen LogP contribution in [0.3, 0.4) is 0 Å². The molecule has 0 aliphatic heterocycles. The van der Waals surface area contributed by atoms with Crippen molar-refractivity contribution in [3.63, 3.8) is 0 Å². The fourth-order valence-electron chi connectivity index (χ4n) is 3.42. The molecule has 0 bridgehead atoms. The maximum Gasteiger partial charge on any atom is 0.298 e. The summed E-state index contributed by atoms with van der Waals surface area (Å²) in [5.41, 5.74) is 3.68. The van der Waals surface area contributed by atoms with Crippen molar-refractivity contribution >= 4 is 33.8 Å². The van der Waals surface area contributed by atoms with Crippen molar-refractivity contribution in [2.45, 2.75) is 52.9 Å². The van der Waals surface area contributed by atoms with Crippen LogP contribution in [0.4, 0.5) is 10.1 Å². The van der Waals surface area contributed by atoms with Gasteiger partial charge in [-0.1, -0.05) is 45.4 Å². The number of hydrogen-bond acceptors (Lipinski definition) is 3. The molecule has 3 nitrogen and oxygen atoms in total. The highest BCUT2D eigenvalue weighted by Crippen LogP contribution is 2.33. The molecule has 0 aliphatic rings. The molecule has 0 saturated carbocycles. The maximum absolute atomic E-state index is 14.0. The normalized spacial score (nSPS) is 13.9. The van der Waals surface area contributed by atoms with E-state index in [9.17, 15) is 9.18 Å². The first-order valence-corrected chi connectivity index (χ1v) is 10.4. The first-order chi connectivity index (χ1) is 13.4. The van der Waals surface area contributed by atoms with Crippen molar-refractivity contribution in [2.24, 2.45) is 10.9 Å². The monoisotopic (exact) mass is 447 g/mol. The lowest BCUT2D eigenvalue weighted by Crippen LogP contribution is -2.14. The molecule has 5 heteroatoms. The van der Waals surface area contributed by atoms with Crippen LogP contribution in [0.15, 0.2) is 45.9 Å². The molecule has 0 heterocycles. The smallest absolute Gasteiger partial charge is 0.298 e. The second-order valence-electron chi connectivity index (χ2n) is 7.20. The minimum Gasteiger partial charge on any atom is -0.428 e. The lowest BCUT2D eigenvalue weighted by molar-refractivity contribution is -0.120. The molecular weight excluding hydrogens is 421 g/mol. The van der Waals surface area contributed by atoms with Crippen LogP contribution in [0, 0.1) is 18.7 Å². The lowest BCUT2D eigenvalue weighted by atomic mass is 9.87. The largest absolute Gasteiger partial charge is 0.428 e. The van der Waals surface area contributed by atoms with E-state index < -0.39 is 0 Å². The van der Waals surface area contributed by atoms with Gasteiger partial charge >= 0.3 is 0 Å². The van der Waals surface area contributed by atoms with Gasteiger partial charge in [-0.15, -0.1) is 0 Å². The first kappa shape index (κ1) is 22.3. The summed E-state index contributed by atoms with van der Waals surface area (Å²) in [5.74, 6) is 0.694. The van der Waals surface area contributed by atoms with Gasteiger partial charge in [-0.2, -0.15) is 0 Å². The van der Waals surface area contributed by atoms with E-state index in [1.807, 2.05) is 25.1 Å². The van der Waals surface area contributed by atoms with Crippen molar-refractivity contribution in [1.29, 1.82) is 0 Å². The van der Waals surface area contributed by atoms with E-state index in [0.29, 0.717) is 22.4 Å². The zero-order valence-corrected chi connectivity index (χ0v) is 18.4. The molecule has 2 atom stereocenters. The van der Waals surface area contributed by atoms with Gasteiger partial charge in [0.2, 0.25) is 0 Å². The average Bonchev–Trinajstić information content (AvgIpc) is 2.66. The zero-order valence-electron chi connectivity index (χ0n) is 16.8. The van der Waals surface area contributed by atoms with Gasteiger partial charge in [0, 0.05) is 11.8 Å². The van der Waals surface area contributed by atoms with E-state index in [2.05, 4.69) is 36.7 Å². The summed E-state index contributed by atoms with van der Waals surface area (Å²) < 4.78 is 19.6. The third-order valence-electron chi connectivity index (χ3n) is 4.91. The molecular formula is C23H27BrFNO2. The minimum absolute atomic E-state index is 0.191. The second-order valence-corrected chi connectivity index (χ2v) is 8.05. The molecule has 0 N–H and O–H groups in total. The van der Waals surface area contributed by atoms with Crippen molar-refractivity contribution in [3.05, 3.63) is 57.8 Å². The highest BCUT2D eigenvalue weighted by molar-refractivity contribution is 9.10. The van der Waals surface area contributed by atoms with Crippen LogP contribution in [0.25, 0.3) is 0 Å². The molecule has 0 fully saturated rings. The molecule has 2 rings (SSSR count). The molecule has 0 aromatic heterocycles. The number of aryl methyl sites for hydroxylation is 1. The van der Waals surface area contributed by atoms with Crippen molar-refractivity contribution < 1.29 is 13.9 Å². The van der Waals surface area contributed by atoms with Crippen molar-refractivity contribution in [1.82, 2.24) is 0 Å². The average molecular weight is 448 g/mol. The number of hydrogen-bond donors (Lipinski definition) is 0. The molecule has 2 aromatic carbocycles. The molecule has 150 valence electrons. The van der Waals surface area contributed by atoms with Gasteiger partial charge in [-0.05, 0) is 70.8 Å². The van der Waals surface area contributed by atoms with E-state index in [0.717, 1.165) is 36.1 Å². The number of ether oxygens (including phenoxy) is 1. The number of halogens is 2. The van der Waals surface area contributed by atoms with Gasteiger partial charge in [0.15, 0.2) is 0 Å². The number of carbonyl (C=O) groups is 1. The molecule has 0 radical (unpaired) electrons. The molecule has 0 aliphatic carbocycles. The standard InChI is InChI=1S/C23H27BrFNO2/c1-5-8-21(26-22-13-20(25)19(24)12-17(22)4)16(3)11-15(2)18-9-6-7-10-23(18)28-14-27/h6-7,9-10,12-16H,5,8,11H2,1-4H3. The summed E-state index contributed by atoms with van der Waals surface area (Å²) in [5, 5.41) is 0. The van der Waals surface area contributed by atoms with Gasteiger partial charge < -0.3 is 4.74 Å². The quantitative estimate of drug-likeness (QED) is 0.302. The van der Waals surface area contributed by atoms with Crippen molar-refractivity contribution in [3.8, 4) is 5.75 Å². The number of aliphatic imine (C=N–C) groups is 1. The van der Waals surface area contributed by atoms with Crippen LogP contribution in [-0.2, 0) is 4.79 Å². The SMILES string of the molecule is CCCC(=Nc1cc(F)c(Br)cc1C)C(C)CC(C)c1ccccc1OC=O. The Kier molecular flexibility index (Phi) is 8.36. The molecule has 0 spiro atoms. The number of carbonyl (C=O) groups excluding carboxylic acids is 1. The molecule has 0 saturated heterocycles. The van der Waals surface area contributed by atoms with Gasteiger partial charge in [-0.25, -0.2) is 4.39 Å². The Morgan fingerprint density at radius 3 is 2.68 bits per heavy atom. The highest BCUT2D eigenvalue weighted by Gasteiger charge is 2.19. The van der Waals surface area contributed by atoms with Gasteiger partial charge in [0.05, 0.1) is 10.2 Å². The lowest BCUT2D eigenvalue weighted by Gasteiger charge is -2.21. The Morgan fingerprint density at radius 1 is 1.29 bits per heavy atom. The Hall–Kier alpha value is -2.01. The number of rotatable bonds is 9. The Morgan fingerprint density at radius 2 is 2.00 bits per heavy atom. The van der Waals surface area contributed by atoms with E-state index in [4.69, 9.17) is 9.73 Å². The Bertz CT molecular complexity index is 850. The number of nitrogens with zero attached hydrogens (tertiary/aromatic N) is 1. The number of para-hydroxylation sites is 1. The zero-order chi connectivity index (χ0) is 20.7. The first-order valence-electron chi connectivity index (χ1n) is 9.59. The van der Waals surface area contributed by atoms with Gasteiger partial charge in [0.25, 0.3) is 6.47 Å². The second kappa shape index (κ2) is 10.5. The van der Waals surface area contributed by atoms with E-state index in [1.165, 1.54) is 6.07 Å². The number of benzene rings is 2. The Labute approximate surface area is 175 Å². The van der Waals surface area contributed by atoms with Crippen LogP contribution in [-0.4, -0.2) is 12.2 Å². The van der Waals surface area contributed by atoms with Crippen LogP contribution >= 0.6 is 15.9 Å². The Balaban J connectivity index is 2.27. The van der Waals surface area contributed by atoms with E-state index in [1.54, 1.807) is 12.1 Å². The van der Waals surface area contributed by atoms with E-state index in [-0.39, 0.29) is 17.7 Å². The minimum atomic E-state index is -0.304. The van der Waals surface area contributed by atoms with Crippen LogP contribution in [0.1, 0.15) is 57.1 Å². The predicted molar refractivity (Wildman–Crippen MR) is 116 cm³/mol. The van der Waals surface area contributed by atoms with Gasteiger partial charge in [-0.3, -0.25) is 9.79 Å². The fraction of sp³-hybridized carbons (Fsp3) is 0.391. The summed E-state index contributed by atoms with van der Waals surface area (Å²) in [6, 6.07) is 10.8. The van der Waals surface area contributed by atoms with Crippen LogP contribution in [0.5, 0.6) is 5.75 Å². The summed E-state index contributed by atoms with van der Waals surface area (Å²) in [4.78, 5) is 15.6. The van der Waals surface area contributed by atoms with Crippen LogP contribution in [0.2, 0.25) is 0 Å². The third kappa shape index (κ3) is 5.74.